The summed E-state index contributed by atoms with van der Waals surface area (Å²) in [6.07, 6.45) is -0.819. The number of carbonyl (C=O) groups excluding carboxylic acids is 2. The number of nitrogens with one attached hydrogen (secondary N) is 2. The van der Waals surface area contributed by atoms with Gasteiger partial charge in [0, 0.05) is 10.2 Å². The van der Waals surface area contributed by atoms with Gasteiger partial charge < -0.3 is 15.4 Å². The zero-order valence-electron chi connectivity index (χ0n) is 15.0. The Hall–Kier alpha value is -2.85. The second-order valence-electron chi connectivity index (χ2n) is 6.16. The molecule has 0 radical (unpaired) electrons. The van der Waals surface area contributed by atoms with E-state index in [1.807, 2.05) is 32.0 Å². The molecule has 0 aliphatic rings. The van der Waals surface area contributed by atoms with Crippen molar-refractivity contribution in [2.45, 2.75) is 20.0 Å². The molecular formula is C20H20BrN3O3. The summed E-state index contributed by atoms with van der Waals surface area (Å²) in [5.41, 5.74) is 0.987. The van der Waals surface area contributed by atoms with Crippen LogP contribution in [0.15, 0.2) is 53.0 Å². The number of anilines is 1. The fraction of sp³-hybridized carbons (Fsp3) is 0.250. The van der Waals surface area contributed by atoms with E-state index < -0.39 is 12.0 Å². The van der Waals surface area contributed by atoms with Gasteiger partial charge in [-0.1, -0.05) is 41.9 Å². The van der Waals surface area contributed by atoms with Gasteiger partial charge in [-0.3, -0.25) is 9.59 Å². The molecule has 0 fully saturated rings. The summed E-state index contributed by atoms with van der Waals surface area (Å²) >= 11 is 3.32. The summed E-state index contributed by atoms with van der Waals surface area (Å²) in [6, 6.07) is 15.9. The molecule has 0 heterocycles. The van der Waals surface area contributed by atoms with Crippen molar-refractivity contribution in [3.05, 3.63) is 58.6 Å². The van der Waals surface area contributed by atoms with Crippen molar-refractivity contribution >= 4 is 33.4 Å². The molecule has 2 rings (SSSR count). The molecule has 1 atom stereocenters. The Bertz CT molecular complexity index is 844. The summed E-state index contributed by atoms with van der Waals surface area (Å²) in [6.45, 7) is 3.49. The fourth-order valence-corrected chi connectivity index (χ4v) is 2.56. The van der Waals surface area contributed by atoms with Crippen molar-refractivity contribution in [1.29, 1.82) is 5.26 Å². The van der Waals surface area contributed by atoms with Crippen molar-refractivity contribution in [2.75, 3.05) is 11.9 Å². The lowest BCUT2D eigenvalue weighted by molar-refractivity contribution is -0.131. The number of ether oxygens (including phenoxy) is 1. The zero-order valence-corrected chi connectivity index (χ0v) is 16.6. The molecule has 0 spiro atoms. The van der Waals surface area contributed by atoms with E-state index >= 15 is 0 Å². The molecule has 0 bridgehead atoms. The van der Waals surface area contributed by atoms with Crippen LogP contribution < -0.4 is 15.4 Å². The van der Waals surface area contributed by atoms with Crippen LogP contribution in [-0.4, -0.2) is 24.5 Å². The van der Waals surface area contributed by atoms with Crippen molar-refractivity contribution in [2.24, 2.45) is 5.92 Å². The predicted molar refractivity (Wildman–Crippen MR) is 106 cm³/mol. The Morgan fingerprint density at radius 2 is 1.81 bits per heavy atom. The summed E-state index contributed by atoms with van der Waals surface area (Å²) < 4.78 is 6.66. The van der Waals surface area contributed by atoms with Gasteiger partial charge in [0.05, 0.1) is 12.1 Å². The molecule has 2 amide bonds. The molecule has 0 aliphatic carbocycles. The molecule has 7 heteroatoms. The lowest BCUT2D eigenvalue weighted by Crippen LogP contribution is -2.44. The van der Waals surface area contributed by atoms with Crippen molar-refractivity contribution in [3.8, 4) is 11.8 Å². The smallest absolute Gasteiger partial charge is 0.261 e. The number of halogens is 1. The summed E-state index contributed by atoms with van der Waals surface area (Å²) in [5, 5.41) is 14.4. The third-order valence-electron chi connectivity index (χ3n) is 3.68. The van der Waals surface area contributed by atoms with E-state index in [4.69, 9.17) is 10.00 Å². The molecule has 2 N–H and O–H groups in total. The van der Waals surface area contributed by atoms with Gasteiger partial charge >= 0.3 is 0 Å². The van der Waals surface area contributed by atoms with Crippen LogP contribution in [-0.2, 0) is 9.59 Å². The van der Waals surface area contributed by atoms with Crippen LogP contribution in [0.3, 0.4) is 0 Å². The van der Waals surface area contributed by atoms with E-state index in [1.54, 1.807) is 36.4 Å². The summed E-state index contributed by atoms with van der Waals surface area (Å²) in [4.78, 5) is 24.5. The van der Waals surface area contributed by atoms with Gasteiger partial charge in [0.15, 0.2) is 6.10 Å². The quantitative estimate of drug-likeness (QED) is 0.704. The maximum atomic E-state index is 12.5. The van der Waals surface area contributed by atoms with Gasteiger partial charge in [0.2, 0.25) is 5.91 Å². The fourth-order valence-electron chi connectivity index (χ4n) is 2.30. The molecule has 0 aromatic heterocycles. The Balaban J connectivity index is 1.95. The number of hydrogen-bond acceptors (Lipinski definition) is 4. The van der Waals surface area contributed by atoms with Crippen LogP contribution in [0, 0.1) is 17.2 Å². The van der Waals surface area contributed by atoms with E-state index in [2.05, 4.69) is 26.6 Å². The topological polar surface area (TPSA) is 91.2 Å². The number of carbonyl (C=O) groups is 2. The minimum Gasteiger partial charge on any atom is -0.479 e. The van der Waals surface area contributed by atoms with Gasteiger partial charge in [0.25, 0.3) is 5.91 Å². The molecule has 1 unspecified atom stereocenters. The standard InChI is InChI=1S/C20H20BrN3O3/c1-13(2)19(27-17-6-4-3-5-14(17)11-22)20(26)23-12-18(25)24-16-9-7-15(21)8-10-16/h3-10,13,19H,12H2,1-2H3,(H,23,26)(H,24,25). The number of rotatable bonds is 7. The van der Waals surface area contributed by atoms with Crippen molar-refractivity contribution in [3.63, 3.8) is 0 Å². The Morgan fingerprint density at radius 3 is 2.44 bits per heavy atom. The van der Waals surface area contributed by atoms with Crippen LogP contribution in [0.1, 0.15) is 19.4 Å². The molecule has 0 saturated heterocycles. The highest BCUT2D eigenvalue weighted by molar-refractivity contribution is 9.10. The van der Waals surface area contributed by atoms with Crippen LogP contribution in [0.2, 0.25) is 0 Å². The van der Waals surface area contributed by atoms with E-state index in [1.165, 1.54) is 0 Å². The van der Waals surface area contributed by atoms with Crippen LogP contribution in [0.4, 0.5) is 5.69 Å². The van der Waals surface area contributed by atoms with Gasteiger partial charge in [-0.05, 0) is 42.3 Å². The maximum absolute atomic E-state index is 12.5. The first kappa shape index (κ1) is 20.5. The normalized spacial score (nSPS) is 11.4. The molecule has 0 aliphatic heterocycles. The first-order valence-corrected chi connectivity index (χ1v) is 9.19. The van der Waals surface area contributed by atoms with E-state index in [-0.39, 0.29) is 18.4 Å². The van der Waals surface area contributed by atoms with Gasteiger partial charge in [-0.25, -0.2) is 0 Å². The second kappa shape index (κ2) is 9.74. The molecule has 0 saturated carbocycles. The van der Waals surface area contributed by atoms with Crippen molar-refractivity contribution in [1.82, 2.24) is 5.32 Å². The average molecular weight is 430 g/mol. The lowest BCUT2D eigenvalue weighted by Gasteiger charge is -2.22. The number of hydrogen-bond donors (Lipinski definition) is 2. The van der Waals surface area contributed by atoms with Crippen LogP contribution in [0.5, 0.6) is 5.75 Å². The minimum absolute atomic E-state index is 0.147. The zero-order chi connectivity index (χ0) is 19.8. The van der Waals surface area contributed by atoms with Crippen molar-refractivity contribution < 1.29 is 14.3 Å². The number of nitriles is 1. The summed E-state index contributed by atoms with van der Waals surface area (Å²) in [5.74, 6) is -0.561. The van der Waals surface area contributed by atoms with Crippen LogP contribution in [0.25, 0.3) is 0 Å². The average Bonchev–Trinajstić information content (AvgIpc) is 2.66. The first-order chi connectivity index (χ1) is 12.9. The third-order valence-corrected chi connectivity index (χ3v) is 4.21. The monoisotopic (exact) mass is 429 g/mol. The molecule has 140 valence electrons. The summed E-state index contributed by atoms with van der Waals surface area (Å²) in [7, 11) is 0. The highest BCUT2D eigenvalue weighted by atomic mass is 79.9. The number of amides is 2. The third kappa shape index (κ3) is 6.12. The number of para-hydroxylation sites is 1. The highest BCUT2D eigenvalue weighted by Crippen LogP contribution is 2.21. The van der Waals surface area contributed by atoms with E-state index in [0.717, 1.165) is 4.47 Å². The molecule has 27 heavy (non-hydrogen) atoms. The van der Waals surface area contributed by atoms with E-state index in [0.29, 0.717) is 17.0 Å². The molecule has 2 aromatic carbocycles. The molecule has 6 nitrogen and oxygen atoms in total. The predicted octanol–water partition coefficient (Wildman–Crippen LogP) is 3.48. The Kier molecular flexibility index (Phi) is 7.38. The minimum atomic E-state index is -0.819. The Labute approximate surface area is 166 Å². The Morgan fingerprint density at radius 1 is 1.15 bits per heavy atom. The SMILES string of the molecule is CC(C)C(Oc1ccccc1C#N)C(=O)NCC(=O)Nc1ccc(Br)cc1. The number of benzene rings is 2. The second-order valence-corrected chi connectivity index (χ2v) is 7.08. The lowest BCUT2D eigenvalue weighted by atomic mass is 10.1. The molecule has 2 aromatic rings. The van der Waals surface area contributed by atoms with E-state index in [9.17, 15) is 9.59 Å². The largest absolute Gasteiger partial charge is 0.479 e. The van der Waals surface area contributed by atoms with Gasteiger partial charge in [0.1, 0.15) is 11.8 Å². The number of nitrogens with zero attached hydrogens (tertiary/aromatic N) is 1. The maximum Gasteiger partial charge on any atom is 0.261 e. The first-order valence-electron chi connectivity index (χ1n) is 8.39. The van der Waals surface area contributed by atoms with Crippen LogP contribution >= 0.6 is 15.9 Å². The van der Waals surface area contributed by atoms with Gasteiger partial charge in [-0.2, -0.15) is 5.26 Å². The van der Waals surface area contributed by atoms with Gasteiger partial charge in [-0.15, -0.1) is 0 Å². The highest BCUT2D eigenvalue weighted by Gasteiger charge is 2.25. The molecular weight excluding hydrogens is 410 g/mol.